The number of hydrogen-bond acceptors (Lipinski definition) is 4. The number of esters is 1. The van der Waals surface area contributed by atoms with E-state index in [4.69, 9.17) is 11.6 Å². The summed E-state index contributed by atoms with van der Waals surface area (Å²) in [5.74, 6) is 0.842. The van der Waals surface area contributed by atoms with Crippen LogP contribution in [0.25, 0.3) is 0 Å². The van der Waals surface area contributed by atoms with Crippen LogP contribution < -0.4 is 10.6 Å². The quantitative estimate of drug-likeness (QED) is 0.751. The molecule has 1 aromatic carbocycles. The van der Waals surface area contributed by atoms with Crippen molar-refractivity contribution in [1.29, 1.82) is 0 Å². The number of amides is 1. The Morgan fingerprint density at radius 2 is 1.91 bits per heavy atom. The van der Waals surface area contributed by atoms with Gasteiger partial charge in [-0.1, -0.05) is 11.6 Å². The minimum Gasteiger partial charge on any atom is -0.465 e. The number of anilines is 1. The number of nitrogens with one attached hydrogen (secondary N) is 2. The number of hydrogen-bond donors (Lipinski definition) is 2. The van der Waals surface area contributed by atoms with E-state index in [2.05, 4.69) is 15.4 Å². The van der Waals surface area contributed by atoms with Gasteiger partial charge in [0.15, 0.2) is 0 Å². The SMILES string of the molecule is COC(=O)c1cc(NCC(=O)NC(C2CC2)C2CC2)ccc1Cl. The first-order valence-corrected chi connectivity index (χ1v) is 8.37. The average molecular weight is 337 g/mol. The molecule has 6 heteroatoms. The zero-order valence-electron chi connectivity index (χ0n) is 13.1. The zero-order chi connectivity index (χ0) is 16.4. The molecule has 2 fully saturated rings. The summed E-state index contributed by atoms with van der Waals surface area (Å²) in [5.41, 5.74) is 0.952. The molecular weight excluding hydrogens is 316 g/mol. The maximum absolute atomic E-state index is 12.1. The van der Waals surface area contributed by atoms with Gasteiger partial charge in [0.1, 0.15) is 0 Å². The molecular formula is C17H21ClN2O3. The largest absolute Gasteiger partial charge is 0.465 e. The molecule has 0 bridgehead atoms. The Morgan fingerprint density at radius 1 is 1.26 bits per heavy atom. The Labute approximate surface area is 140 Å². The fourth-order valence-electron chi connectivity index (χ4n) is 2.85. The Hall–Kier alpha value is -1.75. The van der Waals surface area contributed by atoms with Crippen LogP contribution in [0.1, 0.15) is 36.0 Å². The molecule has 0 aliphatic heterocycles. The van der Waals surface area contributed by atoms with Crippen molar-refractivity contribution in [3.05, 3.63) is 28.8 Å². The number of carbonyl (C=O) groups excluding carboxylic acids is 2. The highest BCUT2D eigenvalue weighted by atomic mass is 35.5. The van der Waals surface area contributed by atoms with Crippen molar-refractivity contribution >= 4 is 29.2 Å². The van der Waals surface area contributed by atoms with Crippen LogP contribution in [-0.4, -0.2) is 31.6 Å². The van der Waals surface area contributed by atoms with Crippen LogP contribution >= 0.6 is 11.6 Å². The Bertz CT molecular complexity index is 600. The van der Waals surface area contributed by atoms with Gasteiger partial charge in [-0.25, -0.2) is 4.79 Å². The predicted octanol–water partition coefficient (Wildman–Crippen LogP) is 2.84. The molecule has 0 spiro atoms. The topological polar surface area (TPSA) is 67.4 Å². The molecule has 5 nitrogen and oxygen atoms in total. The highest BCUT2D eigenvalue weighted by Gasteiger charge is 2.42. The molecule has 0 atom stereocenters. The molecule has 2 N–H and O–H groups in total. The molecule has 2 aliphatic rings. The second-order valence-electron chi connectivity index (χ2n) is 6.31. The smallest absolute Gasteiger partial charge is 0.339 e. The van der Waals surface area contributed by atoms with Gasteiger partial charge in [-0.15, -0.1) is 0 Å². The number of rotatable bonds is 7. The van der Waals surface area contributed by atoms with Crippen molar-refractivity contribution in [3.8, 4) is 0 Å². The van der Waals surface area contributed by atoms with Gasteiger partial charge in [-0.05, 0) is 55.7 Å². The Balaban J connectivity index is 1.55. The molecule has 0 heterocycles. The predicted molar refractivity (Wildman–Crippen MR) is 88.7 cm³/mol. The van der Waals surface area contributed by atoms with Crippen LogP contribution in [0.4, 0.5) is 5.69 Å². The highest BCUT2D eigenvalue weighted by molar-refractivity contribution is 6.33. The molecule has 3 rings (SSSR count). The summed E-state index contributed by atoms with van der Waals surface area (Å²) in [6, 6.07) is 5.30. The molecule has 1 aromatic rings. The fourth-order valence-corrected chi connectivity index (χ4v) is 3.05. The van der Waals surface area contributed by atoms with Gasteiger partial charge in [0.2, 0.25) is 5.91 Å². The zero-order valence-corrected chi connectivity index (χ0v) is 13.9. The van der Waals surface area contributed by atoms with Crippen LogP contribution in [0.3, 0.4) is 0 Å². The van der Waals surface area contributed by atoms with Crippen molar-refractivity contribution in [1.82, 2.24) is 5.32 Å². The van der Waals surface area contributed by atoms with Gasteiger partial charge < -0.3 is 15.4 Å². The number of carbonyl (C=O) groups is 2. The second kappa shape index (κ2) is 6.79. The van der Waals surface area contributed by atoms with Crippen LogP contribution in [0.15, 0.2) is 18.2 Å². The molecule has 2 saturated carbocycles. The summed E-state index contributed by atoms with van der Waals surface area (Å²) in [7, 11) is 1.31. The minimum absolute atomic E-state index is 0.0108. The first-order chi connectivity index (χ1) is 11.1. The molecule has 0 aromatic heterocycles. The van der Waals surface area contributed by atoms with Crippen LogP contribution in [0.5, 0.6) is 0 Å². The van der Waals surface area contributed by atoms with Crippen molar-refractivity contribution < 1.29 is 14.3 Å². The molecule has 0 unspecified atom stereocenters. The second-order valence-corrected chi connectivity index (χ2v) is 6.72. The van der Waals surface area contributed by atoms with Gasteiger partial charge in [0.05, 0.1) is 24.2 Å². The van der Waals surface area contributed by atoms with E-state index in [9.17, 15) is 9.59 Å². The van der Waals surface area contributed by atoms with Crippen molar-refractivity contribution in [2.75, 3.05) is 19.0 Å². The normalized spacial score (nSPS) is 17.0. The average Bonchev–Trinajstić information content (AvgIpc) is 3.43. The summed E-state index contributed by atoms with van der Waals surface area (Å²) in [5, 5.41) is 6.52. The third-order valence-corrected chi connectivity index (χ3v) is 4.74. The minimum atomic E-state index is -0.495. The van der Waals surface area contributed by atoms with Crippen molar-refractivity contribution in [2.45, 2.75) is 31.7 Å². The lowest BCUT2D eigenvalue weighted by atomic mass is 10.1. The van der Waals surface area contributed by atoms with E-state index < -0.39 is 5.97 Å². The van der Waals surface area contributed by atoms with Crippen LogP contribution in [0.2, 0.25) is 5.02 Å². The van der Waals surface area contributed by atoms with Gasteiger partial charge in [-0.2, -0.15) is 0 Å². The number of methoxy groups -OCH3 is 1. The van der Waals surface area contributed by atoms with E-state index in [-0.39, 0.29) is 18.0 Å². The molecule has 124 valence electrons. The molecule has 1 amide bonds. The lowest BCUT2D eigenvalue weighted by Gasteiger charge is -2.18. The third kappa shape index (κ3) is 4.16. The number of ether oxygens (including phenoxy) is 1. The number of halogens is 1. The van der Waals surface area contributed by atoms with E-state index in [1.54, 1.807) is 18.2 Å². The molecule has 23 heavy (non-hydrogen) atoms. The van der Waals surface area contributed by atoms with Crippen molar-refractivity contribution in [2.24, 2.45) is 11.8 Å². The van der Waals surface area contributed by atoms with Crippen molar-refractivity contribution in [3.63, 3.8) is 0 Å². The van der Waals surface area contributed by atoms with Gasteiger partial charge in [0.25, 0.3) is 0 Å². The molecule has 0 radical (unpaired) electrons. The lowest BCUT2D eigenvalue weighted by Crippen LogP contribution is -2.41. The van der Waals surface area contributed by atoms with Crippen LogP contribution in [0, 0.1) is 11.8 Å². The monoisotopic (exact) mass is 336 g/mol. The number of benzene rings is 1. The van der Waals surface area contributed by atoms with E-state index in [1.165, 1.54) is 32.8 Å². The summed E-state index contributed by atoms with van der Waals surface area (Å²) < 4.78 is 4.69. The summed E-state index contributed by atoms with van der Waals surface area (Å²) >= 11 is 5.98. The summed E-state index contributed by atoms with van der Waals surface area (Å²) in [6.45, 7) is 0.179. The van der Waals surface area contributed by atoms with Gasteiger partial charge >= 0.3 is 5.97 Å². The first-order valence-electron chi connectivity index (χ1n) is 7.99. The highest BCUT2D eigenvalue weighted by Crippen LogP contribution is 2.44. The third-order valence-electron chi connectivity index (χ3n) is 4.41. The maximum atomic E-state index is 12.1. The standard InChI is InChI=1S/C17H21ClN2O3/c1-23-17(22)13-8-12(6-7-14(13)18)19-9-15(21)20-16(10-2-3-10)11-4-5-11/h6-8,10-11,16,19H,2-5,9H2,1H3,(H,20,21). The van der Waals surface area contributed by atoms with E-state index in [0.717, 1.165) is 0 Å². The van der Waals surface area contributed by atoms with E-state index in [0.29, 0.717) is 28.6 Å². The van der Waals surface area contributed by atoms with E-state index >= 15 is 0 Å². The van der Waals surface area contributed by atoms with Gasteiger partial charge in [0, 0.05) is 11.7 Å². The molecule has 0 saturated heterocycles. The fraction of sp³-hybridized carbons (Fsp3) is 0.529. The van der Waals surface area contributed by atoms with E-state index in [1.807, 2.05) is 0 Å². The van der Waals surface area contributed by atoms with Crippen LogP contribution in [-0.2, 0) is 9.53 Å². The summed E-state index contributed by atoms with van der Waals surface area (Å²) in [6.07, 6.45) is 4.92. The van der Waals surface area contributed by atoms with Gasteiger partial charge in [-0.3, -0.25) is 4.79 Å². The Morgan fingerprint density at radius 3 is 2.48 bits per heavy atom. The molecule has 2 aliphatic carbocycles. The lowest BCUT2D eigenvalue weighted by molar-refractivity contribution is -0.120. The Kier molecular flexibility index (Phi) is 4.76. The first kappa shape index (κ1) is 16.1. The maximum Gasteiger partial charge on any atom is 0.339 e. The summed E-state index contributed by atoms with van der Waals surface area (Å²) in [4.78, 5) is 23.8.